The minimum atomic E-state index is -0.191. The molecule has 0 saturated heterocycles. The van der Waals surface area contributed by atoms with Crippen molar-refractivity contribution >= 4 is 17.8 Å². The molecule has 1 aliphatic heterocycles. The van der Waals surface area contributed by atoms with Crippen LogP contribution in [0.2, 0.25) is 0 Å². The van der Waals surface area contributed by atoms with E-state index in [0.717, 1.165) is 25.3 Å². The molecule has 0 aliphatic carbocycles. The maximum absolute atomic E-state index is 12.3. The Kier molecular flexibility index (Phi) is 6.42. The van der Waals surface area contributed by atoms with Crippen LogP contribution in [0, 0.1) is 6.92 Å². The molecule has 0 fully saturated rings. The maximum Gasteiger partial charge on any atom is 0.261 e. The summed E-state index contributed by atoms with van der Waals surface area (Å²) in [5, 5.41) is 6.56. The zero-order valence-corrected chi connectivity index (χ0v) is 16.4. The summed E-state index contributed by atoms with van der Waals surface area (Å²) >= 11 is 0. The molecule has 0 saturated carbocycles. The Hall–Kier alpha value is -3.15. The Bertz CT molecular complexity index is 857. The number of nitrogens with zero attached hydrogens (tertiary/aromatic N) is 2. The molecule has 0 atom stereocenters. The molecule has 1 aliphatic rings. The molecule has 6 nitrogen and oxygen atoms in total. The molecule has 6 heteroatoms. The fraction of sp³-hybridized carbons (Fsp3) is 0.318. The van der Waals surface area contributed by atoms with Crippen LogP contribution in [-0.4, -0.2) is 42.8 Å². The largest absolute Gasteiger partial charge is 0.356 e. The van der Waals surface area contributed by atoms with Crippen molar-refractivity contribution in [2.75, 3.05) is 20.1 Å². The van der Waals surface area contributed by atoms with Crippen molar-refractivity contribution in [1.29, 1.82) is 0 Å². The predicted octanol–water partition coefficient (Wildman–Crippen LogP) is 2.74. The van der Waals surface area contributed by atoms with E-state index in [-0.39, 0.29) is 11.8 Å². The summed E-state index contributed by atoms with van der Waals surface area (Å²) in [7, 11) is 1.74. The lowest BCUT2D eigenvalue weighted by molar-refractivity contribution is 0.0652. The van der Waals surface area contributed by atoms with Crippen LogP contribution < -0.4 is 10.6 Å². The van der Waals surface area contributed by atoms with Crippen molar-refractivity contribution in [3.05, 3.63) is 70.8 Å². The van der Waals surface area contributed by atoms with E-state index >= 15 is 0 Å². The average Bonchev–Trinajstić information content (AvgIpc) is 2.95. The van der Waals surface area contributed by atoms with Crippen molar-refractivity contribution in [1.82, 2.24) is 15.5 Å². The lowest BCUT2D eigenvalue weighted by atomic mass is 10.1. The Morgan fingerprint density at radius 3 is 2.32 bits per heavy atom. The Morgan fingerprint density at radius 2 is 1.68 bits per heavy atom. The van der Waals surface area contributed by atoms with Gasteiger partial charge in [-0.1, -0.05) is 42.0 Å². The lowest BCUT2D eigenvalue weighted by Gasteiger charge is -2.15. The molecule has 2 amide bonds. The topological polar surface area (TPSA) is 73.8 Å². The van der Waals surface area contributed by atoms with Gasteiger partial charge in [-0.15, -0.1) is 0 Å². The quantitative estimate of drug-likeness (QED) is 0.336. The van der Waals surface area contributed by atoms with Crippen molar-refractivity contribution in [2.45, 2.75) is 26.3 Å². The van der Waals surface area contributed by atoms with Crippen molar-refractivity contribution < 1.29 is 9.59 Å². The molecule has 0 radical (unpaired) electrons. The number of fused-ring (bicyclic) bond motifs is 1. The number of aliphatic imine (C=N–C) groups is 1. The third kappa shape index (κ3) is 4.57. The van der Waals surface area contributed by atoms with E-state index in [1.807, 2.05) is 6.07 Å². The molecule has 146 valence electrons. The summed E-state index contributed by atoms with van der Waals surface area (Å²) in [4.78, 5) is 30.2. The van der Waals surface area contributed by atoms with Gasteiger partial charge in [0.25, 0.3) is 11.8 Å². The van der Waals surface area contributed by atoms with Crippen molar-refractivity contribution in [3.63, 3.8) is 0 Å². The number of guanidine groups is 1. The van der Waals surface area contributed by atoms with Gasteiger partial charge in [-0.05, 0) is 37.5 Å². The van der Waals surface area contributed by atoms with E-state index in [9.17, 15) is 9.59 Å². The van der Waals surface area contributed by atoms with Crippen LogP contribution in [0.1, 0.15) is 44.7 Å². The summed E-state index contributed by atoms with van der Waals surface area (Å²) in [5.74, 6) is 0.357. The number of nitrogens with one attached hydrogen (secondary N) is 2. The third-order valence-corrected chi connectivity index (χ3v) is 4.75. The lowest BCUT2D eigenvalue weighted by Crippen LogP contribution is -2.37. The van der Waals surface area contributed by atoms with Crippen LogP contribution >= 0.6 is 0 Å². The first-order valence-electron chi connectivity index (χ1n) is 9.55. The van der Waals surface area contributed by atoms with Crippen LogP contribution in [0.15, 0.2) is 53.5 Å². The standard InChI is InChI=1S/C22H26N4O2/c1-16-8-7-9-17(14-16)15-25-22(23-2)24-12-5-6-13-26-20(27)18-10-3-4-11-19(18)21(26)28/h3-4,7-11,14H,5-6,12-13,15H2,1-2H3,(H2,23,24,25). The molecule has 1 heterocycles. The Labute approximate surface area is 165 Å². The number of carbonyl (C=O) groups is 2. The van der Waals surface area contributed by atoms with Gasteiger partial charge in [-0.25, -0.2) is 0 Å². The van der Waals surface area contributed by atoms with Gasteiger partial charge < -0.3 is 10.6 Å². The summed E-state index contributed by atoms with van der Waals surface area (Å²) in [6.07, 6.45) is 1.58. The normalized spacial score (nSPS) is 13.6. The summed E-state index contributed by atoms with van der Waals surface area (Å²) in [5.41, 5.74) is 3.45. The Morgan fingerprint density at radius 1 is 0.964 bits per heavy atom. The number of aryl methyl sites for hydroxylation is 1. The summed E-state index contributed by atoms with van der Waals surface area (Å²) < 4.78 is 0. The van der Waals surface area contributed by atoms with Gasteiger partial charge in [0.15, 0.2) is 5.96 Å². The Balaban J connectivity index is 1.38. The second kappa shape index (κ2) is 9.17. The van der Waals surface area contributed by atoms with Crippen molar-refractivity contribution in [3.8, 4) is 0 Å². The first kappa shape index (κ1) is 19.6. The number of unbranched alkanes of at least 4 members (excludes halogenated alkanes) is 1. The first-order chi connectivity index (χ1) is 13.6. The van der Waals surface area contributed by atoms with E-state index < -0.39 is 0 Å². The highest BCUT2D eigenvalue weighted by Crippen LogP contribution is 2.22. The van der Waals surface area contributed by atoms with Gasteiger partial charge in [0.1, 0.15) is 0 Å². The number of rotatable bonds is 7. The fourth-order valence-corrected chi connectivity index (χ4v) is 3.27. The van der Waals surface area contributed by atoms with Gasteiger partial charge >= 0.3 is 0 Å². The zero-order valence-electron chi connectivity index (χ0n) is 16.4. The molecule has 2 N–H and O–H groups in total. The van der Waals surface area contributed by atoms with E-state index in [2.05, 4.69) is 40.7 Å². The minimum Gasteiger partial charge on any atom is -0.356 e. The number of amides is 2. The SMILES string of the molecule is CN=C(NCCCCN1C(=O)c2ccccc2C1=O)NCc1cccc(C)c1. The molecule has 2 aromatic rings. The number of carbonyl (C=O) groups excluding carboxylic acids is 2. The zero-order chi connectivity index (χ0) is 19.9. The highest BCUT2D eigenvalue weighted by Gasteiger charge is 2.34. The van der Waals surface area contributed by atoms with E-state index in [1.54, 1.807) is 31.3 Å². The smallest absolute Gasteiger partial charge is 0.261 e. The predicted molar refractivity (Wildman–Crippen MR) is 110 cm³/mol. The second-order valence-corrected chi connectivity index (χ2v) is 6.86. The molecular weight excluding hydrogens is 352 g/mol. The number of hydrogen-bond acceptors (Lipinski definition) is 3. The first-order valence-corrected chi connectivity index (χ1v) is 9.55. The molecule has 0 unspecified atom stereocenters. The molecule has 3 rings (SSSR count). The number of imide groups is 1. The highest BCUT2D eigenvalue weighted by molar-refractivity contribution is 6.21. The van der Waals surface area contributed by atoms with Crippen LogP contribution in [0.3, 0.4) is 0 Å². The van der Waals surface area contributed by atoms with E-state index in [1.165, 1.54) is 16.0 Å². The average molecular weight is 378 g/mol. The van der Waals surface area contributed by atoms with Crippen molar-refractivity contribution in [2.24, 2.45) is 4.99 Å². The maximum atomic E-state index is 12.3. The van der Waals surface area contributed by atoms with Crippen LogP contribution in [0.4, 0.5) is 0 Å². The van der Waals surface area contributed by atoms with Gasteiger partial charge in [0.2, 0.25) is 0 Å². The van der Waals surface area contributed by atoms with Crippen LogP contribution in [-0.2, 0) is 6.54 Å². The molecule has 0 bridgehead atoms. The molecule has 0 aromatic heterocycles. The van der Waals surface area contributed by atoms with E-state index in [0.29, 0.717) is 24.2 Å². The van der Waals surface area contributed by atoms with Crippen LogP contribution in [0.25, 0.3) is 0 Å². The summed E-state index contributed by atoms with van der Waals surface area (Å²) in [6, 6.07) is 15.3. The molecule has 0 spiro atoms. The number of hydrogen-bond donors (Lipinski definition) is 2. The fourth-order valence-electron chi connectivity index (χ4n) is 3.27. The third-order valence-electron chi connectivity index (χ3n) is 4.75. The van der Waals surface area contributed by atoms with E-state index in [4.69, 9.17) is 0 Å². The second-order valence-electron chi connectivity index (χ2n) is 6.86. The minimum absolute atomic E-state index is 0.191. The molecule has 2 aromatic carbocycles. The van der Waals surface area contributed by atoms with Gasteiger partial charge in [-0.3, -0.25) is 19.5 Å². The van der Waals surface area contributed by atoms with Crippen LogP contribution in [0.5, 0.6) is 0 Å². The summed E-state index contributed by atoms with van der Waals surface area (Å²) in [6.45, 7) is 3.93. The monoisotopic (exact) mass is 378 g/mol. The molecule has 28 heavy (non-hydrogen) atoms. The van der Waals surface area contributed by atoms with Gasteiger partial charge in [0.05, 0.1) is 11.1 Å². The van der Waals surface area contributed by atoms with Gasteiger partial charge in [0, 0.05) is 26.7 Å². The number of benzene rings is 2. The molecular formula is C22H26N4O2. The highest BCUT2D eigenvalue weighted by atomic mass is 16.2. The van der Waals surface area contributed by atoms with Gasteiger partial charge in [-0.2, -0.15) is 0 Å².